The molecule has 0 aliphatic carbocycles. The number of phenolic OH excluding ortho intramolecular Hbond substituents is 1. The Bertz CT molecular complexity index is 3200. The Morgan fingerprint density at radius 3 is 2.00 bits per heavy atom. The smallest absolute Gasteiger partial charge is 0.124 e. The zero-order chi connectivity index (χ0) is 39.0. The van der Waals surface area contributed by atoms with E-state index in [1.54, 1.807) is 12.1 Å². The zero-order valence-corrected chi connectivity index (χ0v) is 33.8. The number of pyridine rings is 2. The van der Waals surface area contributed by atoms with Crippen LogP contribution >= 0.6 is 0 Å². The number of rotatable bonds is 7. The second-order valence-corrected chi connectivity index (χ2v) is 14.1. The van der Waals surface area contributed by atoms with Gasteiger partial charge < -0.3 is 9.67 Å². The summed E-state index contributed by atoms with van der Waals surface area (Å²) >= 11 is 0. The topological polar surface area (TPSA) is 74.7 Å². The van der Waals surface area contributed by atoms with E-state index in [1.807, 2.05) is 85.1 Å². The molecule has 59 heavy (non-hydrogen) atoms. The third-order valence-electron chi connectivity index (χ3n) is 10.7. The van der Waals surface area contributed by atoms with Gasteiger partial charge in [0.05, 0.1) is 28.4 Å². The van der Waals surface area contributed by atoms with E-state index in [1.165, 1.54) is 10.8 Å². The van der Waals surface area contributed by atoms with E-state index in [4.69, 9.17) is 9.97 Å². The molecular weight excluding hydrogens is 904 g/mol. The van der Waals surface area contributed by atoms with E-state index >= 15 is 0 Å². The molecule has 7 aromatic carbocycles. The van der Waals surface area contributed by atoms with Gasteiger partial charge in [-0.3, -0.25) is 9.97 Å². The van der Waals surface area contributed by atoms with Crippen molar-refractivity contribution in [3.05, 3.63) is 206 Å². The normalized spacial score (nSPS) is 11.0. The van der Waals surface area contributed by atoms with Gasteiger partial charge in [-0.1, -0.05) is 144 Å². The van der Waals surface area contributed by atoms with Gasteiger partial charge in [-0.15, -0.1) is 18.2 Å². The van der Waals surface area contributed by atoms with Crippen LogP contribution in [0.2, 0.25) is 0 Å². The molecule has 5 nitrogen and oxygen atoms in total. The number of aromatic nitrogens is 3. The third-order valence-corrected chi connectivity index (χ3v) is 10.7. The standard InChI is InChI=1S/C53H33N4O.Pt/c54-34-38-16-7-8-19-41(38)43-27-26-37(30-47(43)50-33-39(35-14-3-1-4-15-35)32-49(56-50)46-21-10-12-25-52(46)58)48-31-36(28-29-55-48)42-22-13-23-45-44-20-9-11-24-51(44)57(53(42)45)40-17-5-2-6-18-40;/h1-29,31-33,58H;/q-1;. The molecule has 0 aliphatic rings. The minimum atomic E-state index is 0. The molecule has 0 bridgehead atoms. The van der Waals surface area contributed by atoms with Crippen molar-refractivity contribution in [2.45, 2.75) is 0 Å². The molecule has 0 saturated carbocycles. The van der Waals surface area contributed by atoms with E-state index in [-0.39, 0.29) is 26.8 Å². The predicted octanol–water partition coefficient (Wildman–Crippen LogP) is 13.0. The molecule has 10 aromatic rings. The van der Waals surface area contributed by atoms with Crippen molar-refractivity contribution in [2.75, 3.05) is 0 Å². The molecule has 10 rings (SSSR count). The van der Waals surface area contributed by atoms with Crippen LogP contribution in [0.1, 0.15) is 5.56 Å². The van der Waals surface area contributed by atoms with Gasteiger partial charge >= 0.3 is 0 Å². The summed E-state index contributed by atoms with van der Waals surface area (Å²) in [5.41, 5.74) is 13.7. The Labute approximate surface area is 356 Å². The number of aromatic hydroxyl groups is 1. The molecular formula is C53H33N4OPt-. The van der Waals surface area contributed by atoms with Crippen molar-refractivity contribution in [2.24, 2.45) is 0 Å². The van der Waals surface area contributed by atoms with Crippen LogP contribution in [0.4, 0.5) is 0 Å². The molecule has 0 fully saturated rings. The number of hydrogen-bond acceptors (Lipinski definition) is 4. The monoisotopic (exact) mass is 936 g/mol. The van der Waals surface area contributed by atoms with Crippen LogP contribution in [-0.2, 0) is 21.1 Å². The molecule has 0 atom stereocenters. The number of hydrogen-bond donors (Lipinski definition) is 1. The molecule has 0 aliphatic heterocycles. The molecule has 3 heterocycles. The van der Waals surface area contributed by atoms with E-state index in [0.717, 1.165) is 61.4 Å². The van der Waals surface area contributed by atoms with Gasteiger partial charge in [-0.2, -0.15) is 5.26 Å². The number of fused-ring (bicyclic) bond motifs is 3. The third kappa shape index (κ3) is 6.80. The molecule has 1 N–H and O–H groups in total. The second kappa shape index (κ2) is 15.9. The molecule has 0 spiro atoms. The summed E-state index contributed by atoms with van der Waals surface area (Å²) in [6.45, 7) is 0. The van der Waals surface area contributed by atoms with E-state index in [0.29, 0.717) is 28.1 Å². The number of phenols is 1. The van der Waals surface area contributed by atoms with Crippen molar-refractivity contribution in [3.63, 3.8) is 0 Å². The number of para-hydroxylation sites is 4. The fourth-order valence-electron chi connectivity index (χ4n) is 8.01. The summed E-state index contributed by atoms with van der Waals surface area (Å²) in [4.78, 5) is 10.1. The quantitative estimate of drug-likeness (QED) is 0.162. The Morgan fingerprint density at radius 1 is 0.525 bits per heavy atom. The minimum Gasteiger partial charge on any atom is -0.507 e. The largest absolute Gasteiger partial charge is 0.507 e. The van der Waals surface area contributed by atoms with Crippen molar-refractivity contribution >= 4 is 21.8 Å². The van der Waals surface area contributed by atoms with Gasteiger partial charge in [0.15, 0.2) is 0 Å². The maximum Gasteiger partial charge on any atom is 0.124 e. The fourth-order valence-corrected chi connectivity index (χ4v) is 8.01. The van der Waals surface area contributed by atoms with Crippen LogP contribution in [0.5, 0.6) is 5.75 Å². The van der Waals surface area contributed by atoms with Crippen LogP contribution < -0.4 is 0 Å². The van der Waals surface area contributed by atoms with Gasteiger partial charge in [-0.05, 0) is 70.8 Å². The number of nitriles is 1. The van der Waals surface area contributed by atoms with Crippen LogP contribution in [-0.4, -0.2) is 19.6 Å². The van der Waals surface area contributed by atoms with Crippen LogP contribution in [0.15, 0.2) is 194 Å². The second-order valence-electron chi connectivity index (χ2n) is 14.1. The summed E-state index contributed by atoms with van der Waals surface area (Å²) < 4.78 is 2.35. The van der Waals surface area contributed by atoms with Crippen molar-refractivity contribution < 1.29 is 26.2 Å². The first kappa shape index (κ1) is 37.2. The van der Waals surface area contributed by atoms with Crippen molar-refractivity contribution in [3.8, 4) is 84.7 Å². The molecule has 0 radical (unpaired) electrons. The molecule has 0 unspecified atom stereocenters. The van der Waals surface area contributed by atoms with Gasteiger partial charge in [0.1, 0.15) is 5.75 Å². The SMILES string of the molecule is N#Cc1ccccc1-c1ccc(-c2cc(-c3cccc4c5ccccc5n(-c5ccccc5)c34)ccn2)[c-]c1-c1cc(-c2ccccc2)cc(-c2ccccc2O)n1.[Pt]. The van der Waals surface area contributed by atoms with Crippen LogP contribution in [0.3, 0.4) is 0 Å². The fraction of sp³-hybridized carbons (Fsp3) is 0. The van der Waals surface area contributed by atoms with Gasteiger partial charge in [0, 0.05) is 66.2 Å². The van der Waals surface area contributed by atoms with Crippen molar-refractivity contribution in [1.29, 1.82) is 5.26 Å². The van der Waals surface area contributed by atoms with Gasteiger partial charge in [0.2, 0.25) is 0 Å². The molecule has 0 saturated heterocycles. The van der Waals surface area contributed by atoms with E-state index < -0.39 is 0 Å². The maximum absolute atomic E-state index is 11.0. The average molecular weight is 937 g/mol. The maximum atomic E-state index is 11.0. The first-order valence-corrected chi connectivity index (χ1v) is 19.1. The minimum absolute atomic E-state index is 0. The molecule has 282 valence electrons. The van der Waals surface area contributed by atoms with E-state index in [2.05, 4.69) is 114 Å². The summed E-state index contributed by atoms with van der Waals surface area (Å²) in [6.07, 6.45) is 1.86. The Kier molecular flexibility index (Phi) is 10.0. The zero-order valence-electron chi connectivity index (χ0n) is 31.5. The summed E-state index contributed by atoms with van der Waals surface area (Å²) in [6, 6.07) is 68.9. The molecule has 3 aromatic heterocycles. The Balaban J connectivity index is 0.00000449. The number of nitrogens with zero attached hydrogens (tertiary/aromatic N) is 4. The summed E-state index contributed by atoms with van der Waals surface area (Å²) in [5.74, 6) is 0.140. The van der Waals surface area contributed by atoms with Gasteiger partial charge in [0.25, 0.3) is 0 Å². The van der Waals surface area contributed by atoms with E-state index in [9.17, 15) is 10.4 Å². The van der Waals surface area contributed by atoms with Crippen molar-refractivity contribution in [1.82, 2.24) is 14.5 Å². The average Bonchev–Trinajstić information content (AvgIpc) is 3.64. The van der Waals surface area contributed by atoms with Crippen LogP contribution in [0.25, 0.3) is 94.6 Å². The molecule has 6 heteroatoms. The Hall–Kier alpha value is -7.38. The first-order chi connectivity index (χ1) is 28.6. The molecule has 0 amide bonds. The Morgan fingerprint density at radius 2 is 1.19 bits per heavy atom. The van der Waals surface area contributed by atoms with Crippen LogP contribution in [0, 0.1) is 17.4 Å². The summed E-state index contributed by atoms with van der Waals surface area (Å²) in [5, 5.41) is 23.6. The summed E-state index contributed by atoms with van der Waals surface area (Å²) in [7, 11) is 0. The van der Waals surface area contributed by atoms with Gasteiger partial charge in [-0.25, -0.2) is 0 Å². The predicted molar refractivity (Wildman–Crippen MR) is 234 cm³/mol. The number of benzene rings is 7. The first-order valence-electron chi connectivity index (χ1n) is 19.1.